The molecular weight excluding hydrogens is 243 g/mol. The second-order valence-corrected chi connectivity index (χ2v) is 3.69. The normalized spacial score (nSPS) is 21.9. The Bertz CT molecular complexity index is 180. The molecule has 0 aliphatic rings. The zero-order chi connectivity index (χ0) is 12.9. The first kappa shape index (κ1) is 20.0. The zero-order valence-electron chi connectivity index (χ0n) is 11.0. The van der Waals surface area contributed by atoms with E-state index in [9.17, 15) is 25.5 Å². The maximum absolute atomic E-state index is 9.39. The molecule has 17 heavy (non-hydrogen) atoms. The minimum Gasteiger partial charge on any atom is -1.00 e. The number of aliphatic hydroxyl groups is 7. The Hall–Kier alpha value is 0.720. The van der Waals surface area contributed by atoms with Crippen molar-refractivity contribution in [1.29, 1.82) is 0 Å². The van der Waals surface area contributed by atoms with Crippen molar-refractivity contribution in [3.8, 4) is 0 Å². The van der Waals surface area contributed by atoms with Crippen molar-refractivity contribution >= 4 is 0 Å². The van der Waals surface area contributed by atoms with Gasteiger partial charge in [-0.05, 0) is 6.42 Å². The van der Waals surface area contributed by atoms with Crippen molar-refractivity contribution < 1.29 is 66.7 Å². The topological polar surface area (TPSA) is 142 Å². The molecule has 6 atom stereocenters. The second kappa shape index (κ2) is 9.62. The average Bonchev–Trinajstić information content (AvgIpc) is 2.32. The van der Waals surface area contributed by atoms with E-state index in [1.807, 2.05) is 0 Å². The molecule has 0 aromatic carbocycles. The molecule has 0 rings (SSSR count). The van der Waals surface area contributed by atoms with Crippen molar-refractivity contribution in [2.75, 3.05) is 6.61 Å². The van der Waals surface area contributed by atoms with Crippen molar-refractivity contribution in [3.63, 3.8) is 0 Å². The Kier molecular flexibility index (Phi) is 11.3. The molecule has 0 aromatic rings. The number of rotatable bonds is 7. The van der Waals surface area contributed by atoms with Crippen LogP contribution in [0.1, 0.15) is 14.8 Å². The van der Waals surface area contributed by atoms with E-state index >= 15 is 0 Å². The molecule has 0 spiro atoms. The smallest absolute Gasteiger partial charge is 1.00 e. The van der Waals surface area contributed by atoms with Gasteiger partial charge in [0, 0.05) is 0 Å². The summed E-state index contributed by atoms with van der Waals surface area (Å²) in [4.78, 5) is 0. The van der Waals surface area contributed by atoms with Crippen LogP contribution in [0.2, 0.25) is 0 Å². The molecular formula is C9H21NaO7. The van der Waals surface area contributed by atoms with Gasteiger partial charge in [0.05, 0.1) is 12.7 Å². The third kappa shape index (κ3) is 5.93. The molecule has 2 unspecified atom stereocenters. The molecule has 0 saturated carbocycles. The fourth-order valence-corrected chi connectivity index (χ4v) is 1.21. The summed E-state index contributed by atoms with van der Waals surface area (Å²) in [5, 5.41) is 64.1. The van der Waals surface area contributed by atoms with E-state index in [4.69, 9.17) is 10.2 Å². The molecule has 0 aliphatic carbocycles. The quantitative estimate of drug-likeness (QED) is 0.227. The van der Waals surface area contributed by atoms with Crippen LogP contribution in [0.4, 0.5) is 0 Å². The first-order valence-electron chi connectivity index (χ1n) is 5.06. The van der Waals surface area contributed by atoms with Gasteiger partial charge in [0.25, 0.3) is 0 Å². The summed E-state index contributed by atoms with van der Waals surface area (Å²) >= 11 is 0. The van der Waals surface area contributed by atoms with E-state index in [1.165, 1.54) is 0 Å². The van der Waals surface area contributed by atoms with Gasteiger partial charge in [-0.1, -0.05) is 6.92 Å². The zero-order valence-corrected chi connectivity index (χ0v) is 12.0. The van der Waals surface area contributed by atoms with E-state index in [2.05, 4.69) is 0 Å². The standard InChI is InChI=1S/C9H20O7.Na.H/c1-2-4(11)6(13)8(15)9(16)7(14)5(12)3-10;;/h4-16H,2-3H2,1H3;;/q;+1;-1/t4?,5-,6?,7-,8-,9+;;/m1../s1. The molecule has 0 aliphatic heterocycles. The van der Waals surface area contributed by atoms with E-state index in [1.54, 1.807) is 6.92 Å². The van der Waals surface area contributed by atoms with Crippen LogP contribution in [0.15, 0.2) is 0 Å². The molecule has 0 radical (unpaired) electrons. The first-order chi connectivity index (χ1) is 7.36. The van der Waals surface area contributed by atoms with Gasteiger partial charge in [-0.2, -0.15) is 0 Å². The Morgan fingerprint density at radius 2 is 1.12 bits per heavy atom. The van der Waals surface area contributed by atoms with Crippen LogP contribution in [-0.2, 0) is 0 Å². The molecule has 0 aromatic heterocycles. The summed E-state index contributed by atoms with van der Waals surface area (Å²) in [6.07, 6.45) is -9.84. The van der Waals surface area contributed by atoms with Gasteiger partial charge in [-0.15, -0.1) is 0 Å². The van der Waals surface area contributed by atoms with Gasteiger partial charge in [-0.25, -0.2) is 0 Å². The fraction of sp³-hybridized carbons (Fsp3) is 1.00. The summed E-state index contributed by atoms with van der Waals surface area (Å²) < 4.78 is 0. The van der Waals surface area contributed by atoms with E-state index < -0.39 is 43.2 Å². The van der Waals surface area contributed by atoms with Gasteiger partial charge in [-0.3, -0.25) is 0 Å². The average molecular weight is 264 g/mol. The predicted molar refractivity (Wildman–Crippen MR) is 54.5 cm³/mol. The Balaban J connectivity index is -0.00000112. The summed E-state index contributed by atoms with van der Waals surface area (Å²) in [5.41, 5.74) is 0. The minimum absolute atomic E-state index is 0. The van der Waals surface area contributed by atoms with Gasteiger partial charge in [0.2, 0.25) is 0 Å². The van der Waals surface area contributed by atoms with Crippen molar-refractivity contribution in [2.45, 2.75) is 50.0 Å². The monoisotopic (exact) mass is 264 g/mol. The summed E-state index contributed by atoms with van der Waals surface area (Å²) in [7, 11) is 0. The summed E-state index contributed by atoms with van der Waals surface area (Å²) in [6, 6.07) is 0. The van der Waals surface area contributed by atoms with Crippen LogP contribution in [0.3, 0.4) is 0 Å². The number of hydrogen-bond donors (Lipinski definition) is 7. The van der Waals surface area contributed by atoms with E-state index in [-0.39, 0.29) is 37.4 Å². The molecule has 0 saturated heterocycles. The van der Waals surface area contributed by atoms with Crippen LogP contribution in [-0.4, -0.2) is 79.0 Å². The van der Waals surface area contributed by atoms with Gasteiger partial charge in [0.15, 0.2) is 0 Å². The first-order valence-corrected chi connectivity index (χ1v) is 5.06. The van der Waals surface area contributed by atoms with Crippen LogP contribution in [0.25, 0.3) is 0 Å². The molecule has 100 valence electrons. The van der Waals surface area contributed by atoms with Crippen LogP contribution >= 0.6 is 0 Å². The molecule has 0 heterocycles. The van der Waals surface area contributed by atoms with Crippen molar-refractivity contribution in [2.24, 2.45) is 0 Å². The molecule has 0 bridgehead atoms. The van der Waals surface area contributed by atoms with Crippen LogP contribution in [0, 0.1) is 0 Å². The molecule has 7 N–H and O–H groups in total. The maximum atomic E-state index is 9.39. The Labute approximate surface area is 123 Å². The third-order valence-electron chi connectivity index (χ3n) is 2.44. The molecule has 8 heteroatoms. The largest absolute Gasteiger partial charge is 1.00 e. The van der Waals surface area contributed by atoms with E-state index in [0.29, 0.717) is 0 Å². The summed E-state index contributed by atoms with van der Waals surface area (Å²) in [5.74, 6) is 0. The van der Waals surface area contributed by atoms with Gasteiger partial charge >= 0.3 is 29.6 Å². The maximum Gasteiger partial charge on any atom is 1.00 e. The minimum atomic E-state index is -1.86. The fourth-order valence-electron chi connectivity index (χ4n) is 1.21. The second-order valence-electron chi connectivity index (χ2n) is 3.69. The molecule has 7 nitrogen and oxygen atoms in total. The number of aliphatic hydroxyl groups excluding tert-OH is 7. The molecule has 0 fully saturated rings. The van der Waals surface area contributed by atoms with Crippen molar-refractivity contribution in [1.82, 2.24) is 0 Å². The third-order valence-corrected chi connectivity index (χ3v) is 2.44. The van der Waals surface area contributed by atoms with E-state index in [0.717, 1.165) is 0 Å². The Morgan fingerprint density at radius 3 is 1.41 bits per heavy atom. The van der Waals surface area contributed by atoms with Gasteiger partial charge < -0.3 is 37.2 Å². The number of hydrogen-bond acceptors (Lipinski definition) is 7. The SMILES string of the molecule is CCC(O)C(O)[C@@H](O)[C@@H](O)[C@H](O)[C@H](O)CO.[H-].[Na+]. The molecule has 0 amide bonds. The van der Waals surface area contributed by atoms with Crippen molar-refractivity contribution in [3.05, 3.63) is 0 Å². The van der Waals surface area contributed by atoms with Gasteiger partial charge in [0.1, 0.15) is 30.5 Å². The van der Waals surface area contributed by atoms with Crippen LogP contribution < -0.4 is 29.6 Å². The predicted octanol–water partition coefficient (Wildman–Crippen LogP) is -6.33. The Morgan fingerprint density at radius 1 is 0.765 bits per heavy atom. The summed E-state index contributed by atoms with van der Waals surface area (Å²) in [6.45, 7) is 0.767. The van der Waals surface area contributed by atoms with Crippen LogP contribution in [0.5, 0.6) is 0 Å².